The Bertz CT molecular complexity index is 1140. The number of allylic oxidation sites excluding steroid dienone is 1. The monoisotopic (exact) mass is 531 g/mol. The Morgan fingerprint density at radius 1 is 1.03 bits per heavy atom. The van der Waals surface area contributed by atoms with Crippen molar-refractivity contribution >= 4 is 23.3 Å². The molecule has 0 spiro atoms. The minimum absolute atomic E-state index is 0.0730. The number of nitrogens with zero attached hydrogens (tertiary/aromatic N) is 2. The van der Waals surface area contributed by atoms with Crippen molar-refractivity contribution < 1.29 is 19.4 Å². The second kappa shape index (κ2) is 15.2. The standard InChI is InChI=1S/C32H41N3O4/c36-30(37)18-6-2-5-17-28(27-16-10-19-33-22-27)25-14-9-15-26(21-25)32-35-29(23-39-32)31(38)34-20-8-7-13-24-11-3-1-4-12-24/h9-10,14-17,19,21-22,24,29H,1-8,11-13,18,20,23H2,(H,34,38)(H,36,37)/b28-17-/t29-/m0/s1. The molecule has 2 aliphatic rings. The van der Waals surface area contributed by atoms with Crippen LogP contribution in [-0.2, 0) is 14.3 Å². The Labute approximate surface area is 231 Å². The number of pyridine rings is 1. The Balaban J connectivity index is 1.34. The lowest BCUT2D eigenvalue weighted by atomic mass is 9.86. The van der Waals surface area contributed by atoms with Gasteiger partial charge in [0.1, 0.15) is 6.61 Å². The summed E-state index contributed by atoms with van der Waals surface area (Å²) < 4.78 is 5.86. The van der Waals surface area contributed by atoms with Crippen LogP contribution in [0.5, 0.6) is 0 Å². The van der Waals surface area contributed by atoms with Gasteiger partial charge >= 0.3 is 5.97 Å². The third kappa shape index (κ3) is 9.05. The minimum atomic E-state index is -0.766. The maximum Gasteiger partial charge on any atom is 0.303 e. The highest BCUT2D eigenvalue weighted by Crippen LogP contribution is 2.28. The zero-order valence-electron chi connectivity index (χ0n) is 22.8. The first-order valence-corrected chi connectivity index (χ1v) is 14.5. The zero-order valence-corrected chi connectivity index (χ0v) is 22.8. The number of benzene rings is 1. The molecule has 1 saturated carbocycles. The molecule has 0 unspecified atom stereocenters. The molecule has 1 aliphatic carbocycles. The fourth-order valence-electron chi connectivity index (χ4n) is 5.44. The largest absolute Gasteiger partial charge is 0.481 e. The average molecular weight is 532 g/mol. The molecule has 0 radical (unpaired) electrons. The van der Waals surface area contributed by atoms with Crippen LogP contribution in [-0.4, -0.2) is 47.1 Å². The molecular weight excluding hydrogens is 490 g/mol. The van der Waals surface area contributed by atoms with Gasteiger partial charge in [0.2, 0.25) is 11.8 Å². The van der Waals surface area contributed by atoms with Crippen molar-refractivity contribution in [1.29, 1.82) is 0 Å². The van der Waals surface area contributed by atoms with Crippen LogP contribution >= 0.6 is 0 Å². The van der Waals surface area contributed by atoms with Crippen LogP contribution < -0.4 is 5.32 Å². The van der Waals surface area contributed by atoms with Gasteiger partial charge in [-0.15, -0.1) is 0 Å². The van der Waals surface area contributed by atoms with E-state index in [9.17, 15) is 9.59 Å². The smallest absolute Gasteiger partial charge is 0.303 e. The maximum atomic E-state index is 12.7. The Kier molecular flexibility index (Phi) is 11.1. The predicted octanol–water partition coefficient (Wildman–Crippen LogP) is 6.17. The molecule has 0 saturated heterocycles. The van der Waals surface area contributed by atoms with E-state index in [2.05, 4.69) is 21.4 Å². The first-order valence-electron chi connectivity index (χ1n) is 14.5. The lowest BCUT2D eigenvalue weighted by Crippen LogP contribution is -2.34. The van der Waals surface area contributed by atoms with Crippen molar-refractivity contribution in [3.63, 3.8) is 0 Å². The minimum Gasteiger partial charge on any atom is -0.481 e. The van der Waals surface area contributed by atoms with Crippen molar-refractivity contribution in [3.05, 3.63) is 71.6 Å². The highest BCUT2D eigenvalue weighted by atomic mass is 16.5. The lowest BCUT2D eigenvalue weighted by Gasteiger charge is -2.21. The van der Waals surface area contributed by atoms with Crippen LogP contribution in [0.1, 0.15) is 93.7 Å². The van der Waals surface area contributed by atoms with E-state index in [0.29, 0.717) is 18.9 Å². The second-order valence-corrected chi connectivity index (χ2v) is 10.6. The summed E-state index contributed by atoms with van der Waals surface area (Å²) >= 11 is 0. The molecule has 39 heavy (non-hydrogen) atoms. The van der Waals surface area contributed by atoms with Gasteiger partial charge in [-0.3, -0.25) is 14.6 Å². The van der Waals surface area contributed by atoms with Crippen molar-refractivity contribution in [2.45, 2.75) is 83.1 Å². The quantitative estimate of drug-likeness (QED) is 0.284. The number of carbonyl (C=O) groups is 2. The SMILES string of the molecule is O=C(O)CCCC/C=C(\c1cccnc1)c1cccc(C2=N[C@H](C(=O)NCCCCC3CCCCC3)CO2)c1. The van der Waals surface area contributed by atoms with Gasteiger partial charge in [-0.2, -0.15) is 0 Å². The molecule has 1 aliphatic heterocycles. The summed E-state index contributed by atoms with van der Waals surface area (Å²) in [6, 6.07) is 11.4. The van der Waals surface area contributed by atoms with E-state index < -0.39 is 12.0 Å². The molecule has 208 valence electrons. The molecule has 1 aromatic carbocycles. The fraction of sp³-hybridized carbons (Fsp3) is 0.500. The van der Waals surface area contributed by atoms with Gasteiger partial charge in [-0.05, 0) is 60.9 Å². The number of hydrogen-bond donors (Lipinski definition) is 2. The van der Waals surface area contributed by atoms with E-state index in [4.69, 9.17) is 9.84 Å². The molecule has 1 aromatic heterocycles. The molecule has 7 heteroatoms. The number of carbonyl (C=O) groups excluding carboxylic acids is 1. The number of unbranched alkanes of at least 4 members (excludes halogenated alkanes) is 3. The van der Waals surface area contributed by atoms with E-state index in [-0.39, 0.29) is 18.9 Å². The molecular formula is C32H41N3O4. The number of rotatable bonds is 14. The van der Waals surface area contributed by atoms with Gasteiger partial charge in [0.15, 0.2) is 6.04 Å². The van der Waals surface area contributed by atoms with Gasteiger partial charge in [0.25, 0.3) is 0 Å². The fourth-order valence-corrected chi connectivity index (χ4v) is 5.44. The topological polar surface area (TPSA) is 101 Å². The summed E-state index contributed by atoms with van der Waals surface area (Å²) in [7, 11) is 0. The summed E-state index contributed by atoms with van der Waals surface area (Å²) in [5, 5.41) is 11.9. The van der Waals surface area contributed by atoms with E-state index in [1.165, 1.54) is 44.9 Å². The van der Waals surface area contributed by atoms with Crippen molar-refractivity contribution in [1.82, 2.24) is 10.3 Å². The molecule has 1 amide bonds. The Morgan fingerprint density at radius 2 is 1.87 bits per heavy atom. The van der Waals surface area contributed by atoms with Gasteiger partial charge in [0, 0.05) is 36.5 Å². The normalized spacial score (nSPS) is 17.9. The first-order chi connectivity index (χ1) is 19.1. The third-order valence-corrected chi connectivity index (χ3v) is 7.60. The highest BCUT2D eigenvalue weighted by Gasteiger charge is 2.26. The summed E-state index contributed by atoms with van der Waals surface area (Å²) in [6.45, 7) is 0.941. The van der Waals surface area contributed by atoms with Crippen LogP contribution in [0.15, 0.2) is 59.9 Å². The number of carboxylic acid groups (broad SMARTS) is 1. The average Bonchev–Trinajstić information content (AvgIpc) is 3.46. The third-order valence-electron chi connectivity index (χ3n) is 7.60. The Morgan fingerprint density at radius 3 is 2.67 bits per heavy atom. The number of amides is 1. The number of aliphatic imine (C=N–C) groups is 1. The number of carboxylic acids is 1. The van der Waals surface area contributed by atoms with E-state index in [1.807, 2.05) is 42.6 Å². The second-order valence-electron chi connectivity index (χ2n) is 10.6. The molecule has 4 rings (SSSR count). The summed E-state index contributed by atoms with van der Waals surface area (Å²) in [5.74, 6) is 0.529. The van der Waals surface area contributed by atoms with Crippen LogP contribution in [0, 0.1) is 5.92 Å². The molecule has 1 atom stereocenters. The van der Waals surface area contributed by atoms with Crippen molar-refractivity contribution in [2.24, 2.45) is 10.9 Å². The Hall–Kier alpha value is -3.48. The van der Waals surface area contributed by atoms with Crippen LogP contribution in [0.4, 0.5) is 0 Å². The summed E-state index contributed by atoms with van der Waals surface area (Å²) in [6.07, 6.45) is 18.4. The van der Waals surface area contributed by atoms with Gasteiger partial charge in [0.05, 0.1) is 0 Å². The number of ether oxygens (including phenoxy) is 1. The van der Waals surface area contributed by atoms with Crippen LogP contribution in [0.3, 0.4) is 0 Å². The molecule has 0 bridgehead atoms. The number of aromatic nitrogens is 1. The summed E-state index contributed by atoms with van der Waals surface area (Å²) in [4.78, 5) is 32.4. The van der Waals surface area contributed by atoms with Gasteiger partial charge in [-0.25, -0.2) is 4.99 Å². The molecule has 2 N–H and O–H groups in total. The molecule has 2 heterocycles. The number of nitrogens with one attached hydrogen (secondary N) is 1. The van der Waals surface area contributed by atoms with E-state index in [1.54, 1.807) is 6.20 Å². The van der Waals surface area contributed by atoms with Crippen molar-refractivity contribution in [3.8, 4) is 0 Å². The number of hydrogen-bond acceptors (Lipinski definition) is 5. The highest BCUT2D eigenvalue weighted by molar-refractivity contribution is 5.99. The van der Waals surface area contributed by atoms with Crippen LogP contribution in [0.2, 0.25) is 0 Å². The van der Waals surface area contributed by atoms with Gasteiger partial charge < -0.3 is 15.2 Å². The molecule has 1 fully saturated rings. The van der Waals surface area contributed by atoms with Gasteiger partial charge in [-0.1, -0.05) is 69.2 Å². The maximum absolute atomic E-state index is 12.7. The molecule has 7 nitrogen and oxygen atoms in total. The molecule has 2 aromatic rings. The lowest BCUT2D eigenvalue weighted by molar-refractivity contribution is -0.137. The predicted molar refractivity (Wildman–Crippen MR) is 154 cm³/mol. The summed E-state index contributed by atoms with van der Waals surface area (Å²) in [5.41, 5.74) is 3.84. The number of aliphatic carboxylic acids is 1. The van der Waals surface area contributed by atoms with Crippen molar-refractivity contribution in [2.75, 3.05) is 13.2 Å². The van der Waals surface area contributed by atoms with E-state index in [0.717, 1.165) is 47.4 Å². The van der Waals surface area contributed by atoms with Crippen LogP contribution in [0.25, 0.3) is 5.57 Å². The zero-order chi connectivity index (χ0) is 27.3. The van der Waals surface area contributed by atoms with E-state index >= 15 is 0 Å². The first kappa shape index (κ1) is 28.5.